The van der Waals surface area contributed by atoms with Crippen molar-refractivity contribution in [3.8, 4) is 0 Å². The molecule has 2 aromatic rings. The number of nitrogens with two attached hydrogens (primary N) is 2. The molecule has 0 saturated carbocycles. The number of fused-ring (bicyclic) bond motifs is 1. The lowest BCUT2D eigenvalue weighted by atomic mass is 10.0. The lowest BCUT2D eigenvalue weighted by Crippen LogP contribution is -2.58. The molecule has 6 N–H and O–H groups in total. The standard InChI is InChI=1S/C19H27N5O3/c1-19(2,18(21)27)23-17(26)14(8-6-10-20)22-16(25)13-11-24(3)15-9-5-4-7-12(13)15/h4-5,7,9,11,14H,6,8,10,20H2,1-3H3,(H2,21,27)(H,22,25)(H,23,26)/t14-/m1/s1. The number of carbonyl (C=O) groups is 3. The fourth-order valence-corrected chi connectivity index (χ4v) is 2.81. The summed E-state index contributed by atoms with van der Waals surface area (Å²) in [6, 6.07) is 6.70. The van der Waals surface area contributed by atoms with Crippen molar-refractivity contribution in [2.75, 3.05) is 6.54 Å². The minimum atomic E-state index is -1.22. The molecule has 2 rings (SSSR count). The van der Waals surface area contributed by atoms with Crippen LogP contribution in [0.4, 0.5) is 0 Å². The van der Waals surface area contributed by atoms with Crippen molar-refractivity contribution in [1.29, 1.82) is 0 Å². The quantitative estimate of drug-likeness (QED) is 0.533. The van der Waals surface area contributed by atoms with Crippen LogP contribution in [0, 0.1) is 0 Å². The molecule has 0 aliphatic carbocycles. The number of aryl methyl sites for hydroxylation is 1. The first-order valence-electron chi connectivity index (χ1n) is 8.84. The summed E-state index contributed by atoms with van der Waals surface area (Å²) in [6.45, 7) is 3.41. The molecule has 1 aromatic heterocycles. The summed E-state index contributed by atoms with van der Waals surface area (Å²) in [5, 5.41) is 6.15. The number of benzene rings is 1. The van der Waals surface area contributed by atoms with E-state index >= 15 is 0 Å². The van der Waals surface area contributed by atoms with Crippen molar-refractivity contribution in [2.24, 2.45) is 18.5 Å². The number of amides is 3. The average molecular weight is 373 g/mol. The zero-order chi connectivity index (χ0) is 20.2. The Labute approximate surface area is 158 Å². The molecule has 1 atom stereocenters. The van der Waals surface area contributed by atoms with Crippen LogP contribution in [0.2, 0.25) is 0 Å². The normalized spacial score (nSPS) is 12.6. The summed E-state index contributed by atoms with van der Waals surface area (Å²) in [5.74, 6) is -1.49. The maximum absolute atomic E-state index is 12.8. The highest BCUT2D eigenvalue weighted by molar-refractivity contribution is 6.08. The number of nitrogens with zero attached hydrogens (tertiary/aromatic N) is 1. The van der Waals surface area contributed by atoms with Crippen LogP contribution in [0.5, 0.6) is 0 Å². The van der Waals surface area contributed by atoms with Gasteiger partial charge in [-0.25, -0.2) is 0 Å². The highest BCUT2D eigenvalue weighted by Crippen LogP contribution is 2.20. The largest absolute Gasteiger partial charge is 0.368 e. The van der Waals surface area contributed by atoms with Crippen molar-refractivity contribution < 1.29 is 14.4 Å². The number of para-hydroxylation sites is 1. The molecule has 0 saturated heterocycles. The van der Waals surface area contributed by atoms with Crippen molar-refractivity contribution in [2.45, 2.75) is 38.3 Å². The third kappa shape index (κ3) is 4.65. The zero-order valence-electron chi connectivity index (χ0n) is 15.9. The van der Waals surface area contributed by atoms with Crippen molar-refractivity contribution in [3.05, 3.63) is 36.0 Å². The smallest absolute Gasteiger partial charge is 0.254 e. The van der Waals surface area contributed by atoms with E-state index < -0.39 is 23.4 Å². The SMILES string of the molecule is Cn1cc(C(=O)N[C@H](CCCN)C(=O)NC(C)(C)C(N)=O)c2ccccc21. The Kier molecular flexibility index (Phi) is 6.22. The molecule has 1 heterocycles. The predicted octanol–water partition coefficient (Wildman–Crippen LogP) is 0.396. The summed E-state index contributed by atoms with van der Waals surface area (Å²) >= 11 is 0. The summed E-state index contributed by atoms with van der Waals surface area (Å²) in [7, 11) is 1.85. The molecule has 0 aliphatic heterocycles. The van der Waals surface area contributed by atoms with Gasteiger partial charge in [-0.05, 0) is 39.3 Å². The lowest BCUT2D eigenvalue weighted by molar-refractivity contribution is -0.131. The number of carbonyl (C=O) groups excluding carboxylic acids is 3. The number of nitrogens with one attached hydrogen (secondary N) is 2. The van der Waals surface area contributed by atoms with Gasteiger partial charge in [0.15, 0.2) is 0 Å². The lowest BCUT2D eigenvalue weighted by Gasteiger charge is -2.26. The molecule has 0 fully saturated rings. The Morgan fingerprint density at radius 1 is 1.22 bits per heavy atom. The predicted molar refractivity (Wildman–Crippen MR) is 104 cm³/mol. The summed E-state index contributed by atoms with van der Waals surface area (Å²) < 4.78 is 1.86. The monoisotopic (exact) mass is 373 g/mol. The van der Waals surface area contributed by atoms with E-state index in [0.29, 0.717) is 24.9 Å². The van der Waals surface area contributed by atoms with Crippen LogP contribution in [-0.4, -0.2) is 40.4 Å². The molecule has 27 heavy (non-hydrogen) atoms. The van der Waals surface area contributed by atoms with Gasteiger partial charge in [0.2, 0.25) is 11.8 Å². The average Bonchev–Trinajstić information content (AvgIpc) is 2.95. The maximum atomic E-state index is 12.8. The molecule has 3 amide bonds. The molecule has 0 unspecified atom stereocenters. The van der Waals surface area contributed by atoms with Crippen LogP contribution >= 0.6 is 0 Å². The first-order valence-corrected chi connectivity index (χ1v) is 8.84. The third-order valence-electron chi connectivity index (χ3n) is 4.51. The van der Waals surface area contributed by atoms with E-state index in [0.717, 1.165) is 10.9 Å². The fraction of sp³-hybridized carbons (Fsp3) is 0.421. The molecular weight excluding hydrogens is 346 g/mol. The molecule has 146 valence electrons. The van der Waals surface area contributed by atoms with Gasteiger partial charge in [0, 0.05) is 24.1 Å². The Morgan fingerprint density at radius 2 is 1.89 bits per heavy atom. The van der Waals surface area contributed by atoms with Crippen LogP contribution < -0.4 is 22.1 Å². The van der Waals surface area contributed by atoms with Crippen molar-refractivity contribution in [3.63, 3.8) is 0 Å². The Bertz CT molecular complexity index is 856. The van der Waals surface area contributed by atoms with E-state index in [1.807, 2.05) is 35.9 Å². The third-order valence-corrected chi connectivity index (χ3v) is 4.51. The van der Waals surface area contributed by atoms with Crippen molar-refractivity contribution in [1.82, 2.24) is 15.2 Å². The fourth-order valence-electron chi connectivity index (χ4n) is 2.81. The first kappa shape index (κ1) is 20.4. The number of rotatable bonds is 8. The second kappa shape index (κ2) is 8.22. The number of hydrogen-bond donors (Lipinski definition) is 4. The van der Waals surface area contributed by atoms with Crippen LogP contribution in [0.25, 0.3) is 10.9 Å². The molecule has 1 aromatic carbocycles. The molecule has 0 spiro atoms. The maximum Gasteiger partial charge on any atom is 0.254 e. The van der Waals surface area contributed by atoms with E-state index in [1.165, 1.54) is 13.8 Å². The van der Waals surface area contributed by atoms with E-state index in [2.05, 4.69) is 10.6 Å². The van der Waals surface area contributed by atoms with E-state index in [9.17, 15) is 14.4 Å². The van der Waals surface area contributed by atoms with Gasteiger partial charge in [-0.1, -0.05) is 18.2 Å². The van der Waals surface area contributed by atoms with E-state index in [-0.39, 0.29) is 5.91 Å². The summed E-state index contributed by atoms with van der Waals surface area (Å²) in [5.41, 5.74) is 11.0. The molecule has 8 heteroatoms. The number of hydrogen-bond acceptors (Lipinski definition) is 4. The first-order chi connectivity index (χ1) is 12.7. The van der Waals surface area contributed by atoms with Gasteiger partial charge in [-0.3, -0.25) is 14.4 Å². The second-order valence-electron chi connectivity index (χ2n) is 7.11. The van der Waals surface area contributed by atoms with Gasteiger partial charge in [0.1, 0.15) is 11.6 Å². The second-order valence-corrected chi connectivity index (χ2v) is 7.11. The van der Waals surface area contributed by atoms with Gasteiger partial charge in [-0.15, -0.1) is 0 Å². The Hall–Kier alpha value is -2.87. The highest BCUT2D eigenvalue weighted by Gasteiger charge is 2.31. The molecule has 0 radical (unpaired) electrons. The van der Waals surface area contributed by atoms with Crippen molar-refractivity contribution >= 4 is 28.6 Å². The highest BCUT2D eigenvalue weighted by atomic mass is 16.2. The summed E-state index contributed by atoms with van der Waals surface area (Å²) in [4.78, 5) is 36.9. The van der Waals surface area contributed by atoms with Crippen LogP contribution in [-0.2, 0) is 16.6 Å². The van der Waals surface area contributed by atoms with E-state index in [4.69, 9.17) is 11.5 Å². The van der Waals surface area contributed by atoms with Crippen LogP contribution in [0.15, 0.2) is 30.5 Å². The van der Waals surface area contributed by atoms with Crippen LogP contribution in [0.3, 0.4) is 0 Å². The topological polar surface area (TPSA) is 132 Å². The van der Waals surface area contributed by atoms with Gasteiger partial charge in [-0.2, -0.15) is 0 Å². The summed E-state index contributed by atoms with van der Waals surface area (Å²) in [6.07, 6.45) is 2.63. The number of primary amides is 1. The van der Waals surface area contributed by atoms with Gasteiger partial charge in [0.25, 0.3) is 5.91 Å². The molecule has 0 bridgehead atoms. The van der Waals surface area contributed by atoms with Gasteiger partial charge in [0.05, 0.1) is 5.56 Å². The molecular formula is C19H27N5O3. The zero-order valence-corrected chi connectivity index (χ0v) is 15.9. The number of aromatic nitrogens is 1. The molecule has 8 nitrogen and oxygen atoms in total. The minimum Gasteiger partial charge on any atom is -0.368 e. The van der Waals surface area contributed by atoms with E-state index in [1.54, 1.807) is 6.20 Å². The van der Waals surface area contributed by atoms with Gasteiger partial charge < -0.3 is 26.7 Å². The Morgan fingerprint density at radius 3 is 2.52 bits per heavy atom. The minimum absolute atomic E-state index is 0.355. The molecule has 0 aliphatic rings. The van der Waals surface area contributed by atoms with Gasteiger partial charge >= 0.3 is 0 Å². The Balaban J connectivity index is 2.23. The van der Waals surface area contributed by atoms with Crippen LogP contribution in [0.1, 0.15) is 37.0 Å².